The quantitative estimate of drug-likeness (QED) is 0.476. The highest BCUT2D eigenvalue weighted by Gasteiger charge is 2.21. The SMILES string of the molecule is [2H]C([2H])(Oc1nc(-c2ncccn2)nc(Cl)c1Oc1ccccc1OC)C([2H])([2H])OC(C)(C)C. The van der Waals surface area contributed by atoms with Gasteiger partial charge in [0.25, 0.3) is 5.88 Å². The fourth-order valence-electron chi connectivity index (χ4n) is 2.13. The van der Waals surface area contributed by atoms with Gasteiger partial charge in [-0.05, 0) is 39.0 Å². The van der Waals surface area contributed by atoms with Gasteiger partial charge < -0.3 is 18.9 Å². The molecule has 8 nitrogen and oxygen atoms in total. The highest BCUT2D eigenvalue weighted by molar-refractivity contribution is 6.31. The van der Waals surface area contributed by atoms with Gasteiger partial charge in [0.15, 0.2) is 22.5 Å². The summed E-state index contributed by atoms with van der Waals surface area (Å²) in [4.78, 5) is 16.4. The van der Waals surface area contributed by atoms with E-state index >= 15 is 0 Å². The molecule has 0 aliphatic rings. The van der Waals surface area contributed by atoms with Gasteiger partial charge in [-0.1, -0.05) is 23.7 Å². The Kier molecular flexibility index (Phi) is 5.42. The van der Waals surface area contributed by atoms with Crippen molar-refractivity contribution in [2.24, 2.45) is 0 Å². The van der Waals surface area contributed by atoms with Crippen LogP contribution in [0.5, 0.6) is 23.1 Å². The van der Waals surface area contributed by atoms with Crippen molar-refractivity contribution in [3.63, 3.8) is 0 Å². The highest BCUT2D eigenvalue weighted by Crippen LogP contribution is 2.40. The number of hydrogen-bond acceptors (Lipinski definition) is 8. The zero-order valence-electron chi connectivity index (χ0n) is 20.8. The summed E-state index contributed by atoms with van der Waals surface area (Å²) in [5.74, 6) is -0.164. The van der Waals surface area contributed by atoms with Crippen molar-refractivity contribution in [3.8, 4) is 34.8 Å². The van der Waals surface area contributed by atoms with Crippen LogP contribution in [-0.4, -0.2) is 45.8 Å². The zero-order valence-corrected chi connectivity index (χ0v) is 17.6. The lowest BCUT2D eigenvalue weighted by atomic mass is 10.2. The Morgan fingerprint density at radius 2 is 1.67 bits per heavy atom. The van der Waals surface area contributed by atoms with Gasteiger partial charge >= 0.3 is 0 Å². The minimum atomic E-state index is -3.02. The molecule has 0 aliphatic heterocycles. The number of ether oxygens (including phenoxy) is 4. The van der Waals surface area contributed by atoms with Crippen LogP contribution in [0, 0.1) is 0 Å². The summed E-state index contributed by atoms with van der Waals surface area (Å²) >= 11 is 6.38. The topological polar surface area (TPSA) is 88.5 Å². The number of benzene rings is 1. The van der Waals surface area contributed by atoms with Gasteiger partial charge in [-0.25, -0.2) is 15.0 Å². The predicted octanol–water partition coefficient (Wildman–Crippen LogP) is 4.58. The Labute approximate surface area is 185 Å². The summed E-state index contributed by atoms with van der Waals surface area (Å²) in [6.07, 6.45) is 2.93. The molecule has 0 radical (unpaired) electrons. The van der Waals surface area contributed by atoms with Crippen molar-refractivity contribution < 1.29 is 24.4 Å². The Morgan fingerprint density at radius 1 is 0.967 bits per heavy atom. The first-order chi connectivity index (χ1) is 15.8. The van der Waals surface area contributed by atoms with Gasteiger partial charge in [-0.15, -0.1) is 0 Å². The van der Waals surface area contributed by atoms with E-state index in [9.17, 15) is 0 Å². The molecule has 0 unspecified atom stereocenters. The van der Waals surface area contributed by atoms with E-state index in [1.165, 1.54) is 19.5 Å². The molecule has 0 fully saturated rings. The van der Waals surface area contributed by atoms with Gasteiger partial charge in [0.2, 0.25) is 11.6 Å². The summed E-state index contributed by atoms with van der Waals surface area (Å²) in [6, 6.07) is 8.25. The van der Waals surface area contributed by atoms with Crippen molar-refractivity contribution in [1.82, 2.24) is 19.9 Å². The van der Waals surface area contributed by atoms with Crippen molar-refractivity contribution in [3.05, 3.63) is 47.9 Å². The van der Waals surface area contributed by atoms with E-state index in [1.807, 2.05) is 0 Å². The van der Waals surface area contributed by atoms with E-state index in [0.717, 1.165) is 0 Å². The number of halogens is 1. The molecule has 1 aromatic carbocycles. The van der Waals surface area contributed by atoms with Crippen LogP contribution in [0.25, 0.3) is 11.6 Å². The number of para-hydroxylation sites is 2. The molecular formula is C21H23ClN4O4. The maximum atomic E-state index is 8.28. The molecule has 2 heterocycles. The minimum Gasteiger partial charge on any atom is -0.493 e. The molecule has 3 rings (SSSR count). The van der Waals surface area contributed by atoms with Crippen LogP contribution in [0.2, 0.25) is 5.15 Å². The molecule has 0 saturated carbocycles. The number of aromatic nitrogens is 4. The largest absolute Gasteiger partial charge is 0.493 e. The molecule has 30 heavy (non-hydrogen) atoms. The summed E-state index contributed by atoms with van der Waals surface area (Å²) in [7, 11) is 1.45. The number of nitrogens with zero attached hydrogens (tertiary/aromatic N) is 4. The van der Waals surface area contributed by atoms with Crippen LogP contribution in [0.3, 0.4) is 0 Å². The second-order valence-corrected chi connectivity index (χ2v) is 7.18. The van der Waals surface area contributed by atoms with E-state index in [-0.39, 0.29) is 28.3 Å². The maximum absolute atomic E-state index is 8.28. The fraction of sp³-hybridized carbons (Fsp3) is 0.333. The summed E-state index contributed by atoms with van der Waals surface area (Å²) in [5.41, 5.74) is -1.01. The van der Waals surface area contributed by atoms with E-state index in [4.69, 9.17) is 36.0 Å². The zero-order chi connectivity index (χ0) is 25.1. The molecule has 0 atom stereocenters. The summed E-state index contributed by atoms with van der Waals surface area (Å²) < 4.78 is 54.6. The Morgan fingerprint density at radius 3 is 2.33 bits per heavy atom. The van der Waals surface area contributed by atoms with E-state index < -0.39 is 24.6 Å². The van der Waals surface area contributed by atoms with Crippen LogP contribution < -0.4 is 14.2 Å². The van der Waals surface area contributed by atoms with Gasteiger partial charge in [0.1, 0.15) is 6.56 Å². The molecule has 0 saturated heterocycles. The van der Waals surface area contributed by atoms with Crippen LogP contribution in [0.1, 0.15) is 26.3 Å². The molecule has 0 bridgehead atoms. The van der Waals surface area contributed by atoms with Crippen molar-refractivity contribution in [1.29, 1.82) is 0 Å². The number of rotatable bonds is 8. The second-order valence-electron chi connectivity index (χ2n) is 6.82. The lowest BCUT2D eigenvalue weighted by Crippen LogP contribution is -2.22. The first-order valence-electron chi connectivity index (χ1n) is 10.9. The molecule has 0 spiro atoms. The van der Waals surface area contributed by atoms with E-state index in [1.54, 1.807) is 51.1 Å². The molecular weight excluding hydrogens is 408 g/mol. The van der Waals surface area contributed by atoms with Gasteiger partial charge in [-0.3, -0.25) is 0 Å². The van der Waals surface area contributed by atoms with Crippen LogP contribution >= 0.6 is 11.6 Å². The molecule has 3 aromatic rings. The van der Waals surface area contributed by atoms with Crippen LogP contribution in [0.15, 0.2) is 42.7 Å². The second kappa shape index (κ2) is 9.69. The van der Waals surface area contributed by atoms with E-state index in [0.29, 0.717) is 5.75 Å². The smallest absolute Gasteiger partial charge is 0.263 e. The summed E-state index contributed by atoms with van der Waals surface area (Å²) in [6.45, 7) is -1.14. The molecule has 2 aromatic heterocycles. The average molecular weight is 435 g/mol. The molecule has 0 N–H and O–H groups in total. The normalized spacial score (nSPS) is 14.2. The lowest BCUT2D eigenvalue weighted by Gasteiger charge is -2.20. The molecule has 9 heteroatoms. The first-order valence-corrected chi connectivity index (χ1v) is 9.26. The van der Waals surface area contributed by atoms with Crippen molar-refractivity contribution in [2.75, 3.05) is 20.2 Å². The Bertz CT molecular complexity index is 1150. The number of hydrogen-bond donors (Lipinski definition) is 0. The van der Waals surface area contributed by atoms with Gasteiger partial charge in [0, 0.05) is 12.4 Å². The summed E-state index contributed by atoms with van der Waals surface area (Å²) in [5, 5.41) is -0.244. The van der Waals surface area contributed by atoms with Crippen molar-refractivity contribution in [2.45, 2.75) is 26.4 Å². The van der Waals surface area contributed by atoms with Gasteiger partial charge in [0.05, 0.1) is 24.8 Å². The third kappa shape index (κ3) is 5.77. The predicted molar refractivity (Wildman–Crippen MR) is 112 cm³/mol. The molecule has 0 aliphatic carbocycles. The van der Waals surface area contributed by atoms with Crippen LogP contribution in [0.4, 0.5) is 0 Å². The number of methoxy groups -OCH3 is 1. The third-order valence-corrected chi connectivity index (χ3v) is 3.64. The minimum absolute atomic E-state index is 0.0823. The standard InChI is InChI=1S/C21H23ClN4O4/c1-21(2,3)29-13-12-28-20-16(30-15-9-6-5-8-14(15)27-4)17(22)25-19(26-20)18-23-10-7-11-24-18/h5-11H,12-13H2,1-4H3/i12D2,13D2. The average Bonchev–Trinajstić information content (AvgIpc) is 2.75. The van der Waals surface area contributed by atoms with Crippen LogP contribution in [-0.2, 0) is 4.74 Å². The highest BCUT2D eigenvalue weighted by atomic mass is 35.5. The molecule has 158 valence electrons. The maximum Gasteiger partial charge on any atom is 0.263 e. The van der Waals surface area contributed by atoms with Gasteiger partial charge in [-0.2, -0.15) is 4.98 Å². The Balaban J connectivity index is 2.11. The molecule has 0 amide bonds. The monoisotopic (exact) mass is 434 g/mol. The Hall–Kier alpha value is -2.97. The lowest BCUT2D eigenvalue weighted by molar-refractivity contribution is -0.0170. The first kappa shape index (κ1) is 16.8. The fourth-order valence-corrected chi connectivity index (χ4v) is 2.33. The van der Waals surface area contributed by atoms with Crippen molar-refractivity contribution >= 4 is 11.6 Å². The van der Waals surface area contributed by atoms with E-state index in [2.05, 4.69) is 19.9 Å². The third-order valence-electron chi connectivity index (χ3n) is 3.39.